The van der Waals surface area contributed by atoms with Crippen molar-refractivity contribution >= 4 is 21.8 Å². The van der Waals surface area contributed by atoms with E-state index in [-0.39, 0.29) is 28.5 Å². The molecule has 1 aliphatic heterocycles. The number of carbonyl (C=O) groups is 1. The Labute approximate surface area is 173 Å². The number of para-hydroxylation sites is 1. The Bertz CT molecular complexity index is 1050. The Kier molecular flexibility index (Phi) is 5.17. The molecular weight excluding hydrogens is 414 g/mol. The Balaban J connectivity index is 1.65. The van der Waals surface area contributed by atoms with Crippen LogP contribution in [0.1, 0.15) is 43.2 Å². The maximum Gasteiger partial charge on any atom is 0.404 e. The molecule has 2 aliphatic rings. The zero-order valence-corrected chi connectivity index (χ0v) is 16.9. The third-order valence-electron chi connectivity index (χ3n) is 6.18. The monoisotopic (exact) mass is 436 g/mol. The molecule has 2 N–H and O–H groups in total. The van der Waals surface area contributed by atoms with Gasteiger partial charge < -0.3 is 10.4 Å². The standard InChI is InChI=1S/C21H22F2N2O4S/c22-19(23)14-5-7-16(8-6-14)30(28,29)25-13-21(17-3-1-2-4-18(17)25)11-9-15(10-12-21)24-20(26)27/h1-8,15,19,24H,9-13H2,(H,26,27). The number of amides is 1. The van der Waals surface area contributed by atoms with Gasteiger partial charge in [-0.1, -0.05) is 30.3 Å². The van der Waals surface area contributed by atoms with Crippen LogP contribution in [0.4, 0.5) is 19.3 Å². The second kappa shape index (κ2) is 7.54. The zero-order chi connectivity index (χ0) is 21.5. The van der Waals surface area contributed by atoms with Gasteiger partial charge in [0.1, 0.15) is 0 Å². The van der Waals surface area contributed by atoms with Gasteiger partial charge in [0, 0.05) is 23.6 Å². The first-order valence-electron chi connectivity index (χ1n) is 9.73. The summed E-state index contributed by atoms with van der Waals surface area (Å²) in [7, 11) is -3.92. The summed E-state index contributed by atoms with van der Waals surface area (Å²) < 4.78 is 53.8. The molecule has 1 aliphatic carbocycles. The van der Waals surface area contributed by atoms with E-state index in [0.717, 1.165) is 17.7 Å². The third kappa shape index (κ3) is 3.51. The number of benzene rings is 2. The number of fused-ring (bicyclic) bond motifs is 2. The van der Waals surface area contributed by atoms with Crippen molar-refractivity contribution in [3.8, 4) is 0 Å². The number of hydrogen-bond donors (Lipinski definition) is 2. The summed E-state index contributed by atoms with van der Waals surface area (Å²) in [5.41, 5.74) is 0.923. The van der Waals surface area contributed by atoms with E-state index < -0.39 is 22.5 Å². The lowest BCUT2D eigenvalue weighted by Crippen LogP contribution is -2.44. The number of nitrogens with one attached hydrogen (secondary N) is 1. The third-order valence-corrected chi connectivity index (χ3v) is 7.95. The molecule has 0 aromatic heterocycles. The van der Waals surface area contributed by atoms with E-state index >= 15 is 0 Å². The van der Waals surface area contributed by atoms with E-state index in [2.05, 4.69) is 5.32 Å². The predicted octanol–water partition coefficient (Wildman–Crippen LogP) is 4.28. The number of alkyl halides is 2. The fourth-order valence-corrected chi connectivity index (χ4v) is 6.20. The summed E-state index contributed by atoms with van der Waals surface area (Å²) in [5.74, 6) is 0. The molecule has 1 fully saturated rings. The van der Waals surface area contributed by atoms with Crippen LogP contribution in [-0.4, -0.2) is 32.2 Å². The minimum absolute atomic E-state index is 0.0278. The fraction of sp³-hybridized carbons (Fsp3) is 0.381. The molecule has 0 radical (unpaired) electrons. The lowest BCUT2D eigenvalue weighted by atomic mass is 9.69. The first kappa shape index (κ1) is 20.6. The largest absolute Gasteiger partial charge is 0.465 e. The highest BCUT2D eigenvalue weighted by molar-refractivity contribution is 7.92. The molecule has 9 heteroatoms. The average molecular weight is 436 g/mol. The highest BCUT2D eigenvalue weighted by atomic mass is 32.2. The molecule has 0 bridgehead atoms. The maximum atomic E-state index is 13.4. The molecule has 0 unspecified atom stereocenters. The Morgan fingerprint density at radius 2 is 1.73 bits per heavy atom. The van der Waals surface area contributed by atoms with Crippen molar-refractivity contribution in [3.05, 3.63) is 59.7 Å². The van der Waals surface area contributed by atoms with Gasteiger partial charge in [-0.15, -0.1) is 0 Å². The van der Waals surface area contributed by atoms with Crippen molar-refractivity contribution < 1.29 is 27.1 Å². The maximum absolute atomic E-state index is 13.4. The molecule has 0 atom stereocenters. The molecular formula is C21H22F2N2O4S. The molecule has 30 heavy (non-hydrogen) atoms. The van der Waals surface area contributed by atoms with Crippen molar-refractivity contribution in [3.63, 3.8) is 0 Å². The van der Waals surface area contributed by atoms with Crippen molar-refractivity contribution in [1.82, 2.24) is 5.32 Å². The molecule has 0 saturated heterocycles. The second-order valence-electron chi connectivity index (χ2n) is 7.90. The van der Waals surface area contributed by atoms with E-state index in [1.165, 1.54) is 16.4 Å². The topological polar surface area (TPSA) is 86.7 Å². The average Bonchev–Trinajstić information content (AvgIpc) is 3.05. The van der Waals surface area contributed by atoms with Crippen LogP contribution in [0, 0.1) is 0 Å². The quantitative estimate of drug-likeness (QED) is 0.749. The summed E-state index contributed by atoms with van der Waals surface area (Å²) in [6, 6.07) is 11.9. The molecule has 2 aromatic rings. The Morgan fingerprint density at radius 3 is 2.33 bits per heavy atom. The van der Waals surface area contributed by atoms with Gasteiger partial charge in [0.15, 0.2) is 0 Å². The second-order valence-corrected chi connectivity index (χ2v) is 9.76. The van der Waals surface area contributed by atoms with Crippen LogP contribution >= 0.6 is 0 Å². The minimum atomic E-state index is -3.92. The molecule has 160 valence electrons. The number of halogens is 2. The van der Waals surface area contributed by atoms with Gasteiger partial charge in [-0.3, -0.25) is 4.31 Å². The molecule has 1 heterocycles. The summed E-state index contributed by atoms with van der Waals surface area (Å²) in [6.45, 7) is 0.255. The molecule has 2 aromatic carbocycles. The minimum Gasteiger partial charge on any atom is -0.465 e. The molecule has 1 saturated carbocycles. The fourth-order valence-electron chi connectivity index (χ4n) is 4.63. The highest BCUT2D eigenvalue weighted by Gasteiger charge is 2.48. The van der Waals surface area contributed by atoms with E-state index in [4.69, 9.17) is 5.11 Å². The van der Waals surface area contributed by atoms with Crippen LogP contribution < -0.4 is 9.62 Å². The van der Waals surface area contributed by atoms with Crippen LogP contribution in [0.2, 0.25) is 0 Å². The number of sulfonamides is 1. The van der Waals surface area contributed by atoms with Crippen LogP contribution in [0.25, 0.3) is 0 Å². The number of carboxylic acid groups (broad SMARTS) is 1. The van der Waals surface area contributed by atoms with Gasteiger partial charge in [0.05, 0.1) is 10.6 Å². The van der Waals surface area contributed by atoms with Crippen LogP contribution in [0.15, 0.2) is 53.4 Å². The Hall–Kier alpha value is -2.68. The van der Waals surface area contributed by atoms with Crippen molar-refractivity contribution in [2.75, 3.05) is 10.8 Å². The number of rotatable bonds is 4. The van der Waals surface area contributed by atoms with E-state index in [1.807, 2.05) is 12.1 Å². The first-order chi connectivity index (χ1) is 14.2. The number of hydrogen-bond acceptors (Lipinski definition) is 3. The van der Waals surface area contributed by atoms with Crippen molar-refractivity contribution in [2.24, 2.45) is 0 Å². The zero-order valence-electron chi connectivity index (χ0n) is 16.1. The SMILES string of the molecule is O=C(O)NC1CCC2(CC1)CN(S(=O)(=O)c1ccc(C(F)F)cc1)c1ccccc12. The summed E-state index contributed by atoms with van der Waals surface area (Å²) in [4.78, 5) is 10.9. The van der Waals surface area contributed by atoms with Crippen LogP contribution in [0.5, 0.6) is 0 Å². The lowest BCUT2D eigenvalue weighted by molar-refractivity contribution is 0.151. The number of nitrogens with zero attached hydrogens (tertiary/aromatic N) is 1. The van der Waals surface area contributed by atoms with Crippen LogP contribution in [-0.2, 0) is 15.4 Å². The van der Waals surface area contributed by atoms with Gasteiger partial charge >= 0.3 is 6.09 Å². The van der Waals surface area contributed by atoms with Gasteiger partial charge in [-0.2, -0.15) is 0 Å². The van der Waals surface area contributed by atoms with Gasteiger partial charge in [0.2, 0.25) is 0 Å². The normalized spacial score (nSPS) is 23.6. The van der Waals surface area contributed by atoms with Gasteiger partial charge in [-0.05, 0) is 49.4 Å². The summed E-state index contributed by atoms with van der Waals surface area (Å²) in [6.07, 6.45) is -1.16. The van der Waals surface area contributed by atoms with Gasteiger partial charge in [-0.25, -0.2) is 22.0 Å². The molecule has 1 amide bonds. The molecule has 6 nitrogen and oxygen atoms in total. The van der Waals surface area contributed by atoms with Gasteiger partial charge in [0.25, 0.3) is 16.4 Å². The lowest BCUT2D eigenvalue weighted by Gasteiger charge is -2.37. The smallest absolute Gasteiger partial charge is 0.404 e. The Morgan fingerprint density at radius 1 is 1.10 bits per heavy atom. The molecule has 1 spiro atoms. The summed E-state index contributed by atoms with van der Waals surface area (Å²) in [5, 5.41) is 11.5. The van der Waals surface area contributed by atoms with E-state index in [1.54, 1.807) is 12.1 Å². The van der Waals surface area contributed by atoms with Crippen LogP contribution in [0.3, 0.4) is 0 Å². The summed E-state index contributed by atoms with van der Waals surface area (Å²) >= 11 is 0. The highest BCUT2D eigenvalue weighted by Crippen LogP contribution is 2.50. The molecule has 4 rings (SSSR count). The van der Waals surface area contributed by atoms with E-state index in [0.29, 0.717) is 31.4 Å². The first-order valence-corrected chi connectivity index (χ1v) is 11.2. The predicted molar refractivity (Wildman–Crippen MR) is 107 cm³/mol. The van der Waals surface area contributed by atoms with Crippen molar-refractivity contribution in [2.45, 2.75) is 48.5 Å². The van der Waals surface area contributed by atoms with Crippen molar-refractivity contribution in [1.29, 1.82) is 0 Å². The van der Waals surface area contributed by atoms with E-state index in [9.17, 15) is 22.0 Å². The number of anilines is 1.